The molecule has 1 N–H and O–H groups in total. The maximum atomic E-state index is 11.9. The molecule has 1 atom stereocenters. The second-order valence-electron chi connectivity index (χ2n) is 6.17. The average molecular weight is 304 g/mol. The van der Waals surface area contributed by atoms with Crippen molar-refractivity contribution in [3.8, 4) is 5.75 Å². The fraction of sp³-hybridized carbons (Fsp3) is 0.529. The third-order valence-corrected chi connectivity index (χ3v) is 3.78. The van der Waals surface area contributed by atoms with Crippen LogP contribution in [-0.2, 0) is 16.0 Å². The van der Waals surface area contributed by atoms with Gasteiger partial charge < -0.3 is 15.0 Å². The molecule has 1 unspecified atom stereocenters. The number of hydrogen-bond acceptors (Lipinski definition) is 3. The molecule has 0 saturated carbocycles. The first-order valence-corrected chi connectivity index (χ1v) is 7.72. The molecular weight excluding hydrogens is 280 g/mol. The zero-order valence-electron chi connectivity index (χ0n) is 13.7. The van der Waals surface area contributed by atoms with Crippen LogP contribution in [0.4, 0.5) is 5.69 Å². The smallest absolute Gasteiger partial charge is 0.267 e. The van der Waals surface area contributed by atoms with E-state index >= 15 is 0 Å². The minimum atomic E-state index is -0.470. The van der Waals surface area contributed by atoms with Crippen LogP contribution in [0.3, 0.4) is 0 Å². The Morgan fingerprint density at radius 3 is 2.82 bits per heavy atom. The molecule has 22 heavy (non-hydrogen) atoms. The molecular formula is C17H24N2O3. The predicted molar refractivity (Wildman–Crippen MR) is 86.1 cm³/mol. The zero-order chi connectivity index (χ0) is 16.3. The molecule has 1 aliphatic heterocycles. The van der Waals surface area contributed by atoms with Crippen LogP contribution in [0.15, 0.2) is 18.2 Å². The molecule has 0 bridgehead atoms. The van der Waals surface area contributed by atoms with E-state index in [1.165, 1.54) is 0 Å². The molecule has 120 valence electrons. The van der Waals surface area contributed by atoms with E-state index in [9.17, 15) is 9.59 Å². The van der Waals surface area contributed by atoms with E-state index < -0.39 is 6.10 Å². The second kappa shape index (κ2) is 6.81. The van der Waals surface area contributed by atoms with Crippen LogP contribution in [-0.4, -0.2) is 31.5 Å². The number of carbonyl (C=O) groups excluding carboxylic acids is 2. The third-order valence-electron chi connectivity index (χ3n) is 3.78. The number of benzene rings is 1. The van der Waals surface area contributed by atoms with Gasteiger partial charge in [0.15, 0.2) is 6.10 Å². The maximum Gasteiger partial charge on any atom is 0.267 e. The van der Waals surface area contributed by atoms with Gasteiger partial charge in [0.25, 0.3) is 5.91 Å². The Balaban J connectivity index is 2.02. The monoisotopic (exact) mass is 304 g/mol. The standard InChI is InChI=1S/C17H24N2O3/c1-11(2)7-8-18-16(20)10-13-5-6-15-14(9-13)19(4)17(21)12(3)22-15/h5-6,9,11-12H,7-8,10H2,1-4H3,(H,18,20). The summed E-state index contributed by atoms with van der Waals surface area (Å²) in [5.74, 6) is 1.17. The summed E-state index contributed by atoms with van der Waals surface area (Å²) < 4.78 is 5.57. The van der Waals surface area contributed by atoms with Crippen molar-refractivity contribution < 1.29 is 14.3 Å². The number of nitrogens with one attached hydrogen (secondary N) is 1. The van der Waals surface area contributed by atoms with Crippen molar-refractivity contribution in [2.24, 2.45) is 5.92 Å². The van der Waals surface area contributed by atoms with E-state index in [2.05, 4.69) is 19.2 Å². The quantitative estimate of drug-likeness (QED) is 0.906. The molecule has 0 fully saturated rings. The summed E-state index contributed by atoms with van der Waals surface area (Å²) in [4.78, 5) is 25.5. The lowest BCUT2D eigenvalue weighted by Gasteiger charge is -2.30. The summed E-state index contributed by atoms with van der Waals surface area (Å²) in [5.41, 5.74) is 1.59. The Kier molecular flexibility index (Phi) is 5.06. The van der Waals surface area contributed by atoms with Gasteiger partial charge in [0.05, 0.1) is 12.1 Å². The van der Waals surface area contributed by atoms with E-state index in [1.54, 1.807) is 18.9 Å². The van der Waals surface area contributed by atoms with Crippen molar-refractivity contribution in [1.29, 1.82) is 0 Å². The highest BCUT2D eigenvalue weighted by atomic mass is 16.5. The zero-order valence-corrected chi connectivity index (χ0v) is 13.7. The molecule has 2 amide bonds. The number of hydrogen-bond donors (Lipinski definition) is 1. The van der Waals surface area contributed by atoms with Crippen LogP contribution in [0.2, 0.25) is 0 Å². The number of likely N-dealkylation sites (N-methyl/N-ethyl adjacent to an activating group) is 1. The Labute approximate surface area is 131 Å². The van der Waals surface area contributed by atoms with Crippen molar-refractivity contribution in [2.75, 3.05) is 18.5 Å². The van der Waals surface area contributed by atoms with Crippen LogP contribution < -0.4 is 15.0 Å². The van der Waals surface area contributed by atoms with Crippen LogP contribution in [0.5, 0.6) is 5.75 Å². The Morgan fingerprint density at radius 1 is 1.41 bits per heavy atom. The van der Waals surface area contributed by atoms with Crippen LogP contribution >= 0.6 is 0 Å². The minimum Gasteiger partial charge on any atom is -0.479 e. The van der Waals surface area contributed by atoms with Gasteiger partial charge in [0, 0.05) is 13.6 Å². The number of anilines is 1. The molecule has 0 spiro atoms. The topological polar surface area (TPSA) is 58.6 Å². The van der Waals surface area contributed by atoms with Crippen LogP contribution in [0, 0.1) is 5.92 Å². The number of nitrogens with zero attached hydrogens (tertiary/aromatic N) is 1. The van der Waals surface area contributed by atoms with Crippen LogP contribution in [0.25, 0.3) is 0 Å². The number of carbonyl (C=O) groups is 2. The molecule has 5 nitrogen and oxygen atoms in total. The molecule has 0 saturated heterocycles. The van der Waals surface area contributed by atoms with Gasteiger partial charge in [-0.1, -0.05) is 19.9 Å². The third kappa shape index (κ3) is 3.78. The lowest BCUT2D eigenvalue weighted by Crippen LogP contribution is -2.42. The summed E-state index contributed by atoms with van der Waals surface area (Å²) in [6.45, 7) is 6.69. The molecule has 2 rings (SSSR count). The van der Waals surface area contributed by atoms with Crippen molar-refractivity contribution in [3.63, 3.8) is 0 Å². The maximum absolute atomic E-state index is 11.9. The van der Waals surface area contributed by atoms with Crippen molar-refractivity contribution in [3.05, 3.63) is 23.8 Å². The summed E-state index contributed by atoms with van der Waals surface area (Å²) in [6.07, 6.45) is 0.810. The fourth-order valence-corrected chi connectivity index (χ4v) is 2.42. The Hall–Kier alpha value is -2.04. The lowest BCUT2D eigenvalue weighted by atomic mass is 10.1. The lowest BCUT2D eigenvalue weighted by molar-refractivity contribution is -0.125. The van der Waals surface area contributed by atoms with Gasteiger partial charge in [-0.25, -0.2) is 0 Å². The number of fused-ring (bicyclic) bond motifs is 1. The number of amides is 2. The van der Waals surface area contributed by atoms with Gasteiger partial charge in [0.2, 0.25) is 5.91 Å². The Bertz CT molecular complexity index is 569. The summed E-state index contributed by atoms with van der Waals surface area (Å²) in [5, 5.41) is 2.92. The first-order valence-electron chi connectivity index (χ1n) is 7.72. The molecule has 0 aliphatic carbocycles. The fourth-order valence-electron chi connectivity index (χ4n) is 2.42. The van der Waals surface area contributed by atoms with E-state index in [1.807, 2.05) is 18.2 Å². The minimum absolute atomic E-state index is 0.000301. The molecule has 0 radical (unpaired) electrons. The average Bonchev–Trinajstić information content (AvgIpc) is 2.45. The first kappa shape index (κ1) is 16.3. The van der Waals surface area contributed by atoms with Gasteiger partial charge in [-0.2, -0.15) is 0 Å². The molecule has 5 heteroatoms. The van der Waals surface area contributed by atoms with Gasteiger partial charge in [-0.15, -0.1) is 0 Å². The second-order valence-corrected chi connectivity index (χ2v) is 6.17. The predicted octanol–water partition coefficient (Wildman–Crippen LogP) is 2.14. The molecule has 1 heterocycles. The summed E-state index contributed by atoms with van der Waals surface area (Å²) in [6, 6.07) is 5.55. The van der Waals surface area contributed by atoms with Crippen LogP contribution in [0.1, 0.15) is 32.8 Å². The Morgan fingerprint density at radius 2 is 2.14 bits per heavy atom. The highest BCUT2D eigenvalue weighted by Crippen LogP contribution is 2.33. The van der Waals surface area contributed by atoms with Gasteiger partial charge in [-0.3, -0.25) is 9.59 Å². The first-order chi connectivity index (χ1) is 10.4. The summed E-state index contributed by atoms with van der Waals surface area (Å²) >= 11 is 0. The van der Waals surface area contributed by atoms with Crippen molar-refractivity contribution in [2.45, 2.75) is 39.7 Å². The number of ether oxygens (including phenoxy) is 1. The van der Waals surface area contributed by atoms with Crippen molar-refractivity contribution >= 4 is 17.5 Å². The molecule has 0 aromatic heterocycles. The van der Waals surface area contributed by atoms with Crippen molar-refractivity contribution in [1.82, 2.24) is 5.32 Å². The van der Waals surface area contributed by atoms with Gasteiger partial charge >= 0.3 is 0 Å². The molecule has 1 aromatic carbocycles. The van der Waals surface area contributed by atoms with E-state index in [4.69, 9.17) is 4.74 Å². The van der Waals surface area contributed by atoms with E-state index in [0.717, 1.165) is 17.7 Å². The molecule has 1 aromatic rings. The molecule has 1 aliphatic rings. The number of rotatable bonds is 5. The van der Waals surface area contributed by atoms with E-state index in [0.29, 0.717) is 24.6 Å². The summed E-state index contributed by atoms with van der Waals surface area (Å²) in [7, 11) is 1.73. The normalized spacial score (nSPS) is 17.2. The SMILES string of the molecule is CC(C)CCNC(=O)Cc1ccc2c(c1)N(C)C(=O)C(C)O2. The van der Waals surface area contributed by atoms with E-state index in [-0.39, 0.29) is 11.8 Å². The largest absolute Gasteiger partial charge is 0.479 e. The highest BCUT2D eigenvalue weighted by molar-refractivity contribution is 5.99. The van der Waals surface area contributed by atoms with Gasteiger partial charge in [0.1, 0.15) is 5.75 Å². The highest BCUT2D eigenvalue weighted by Gasteiger charge is 2.28. The van der Waals surface area contributed by atoms with Gasteiger partial charge in [-0.05, 0) is 37.0 Å².